The van der Waals surface area contributed by atoms with Gasteiger partial charge in [0, 0.05) is 18.5 Å². The van der Waals surface area contributed by atoms with E-state index in [2.05, 4.69) is 0 Å². The first kappa shape index (κ1) is 18.6. The van der Waals surface area contributed by atoms with Gasteiger partial charge >= 0.3 is 0 Å². The molecule has 0 radical (unpaired) electrons. The number of ether oxygens (including phenoxy) is 2. The molecule has 0 heterocycles. The van der Waals surface area contributed by atoms with Crippen molar-refractivity contribution in [3.8, 4) is 0 Å². The summed E-state index contributed by atoms with van der Waals surface area (Å²) in [5.41, 5.74) is -1.56. The highest BCUT2D eigenvalue weighted by atomic mass is 32.2. The largest absolute Gasteiger partial charge is 0.359 e. The van der Waals surface area contributed by atoms with Gasteiger partial charge in [0.2, 0.25) is 0 Å². The number of sulfone groups is 1. The Morgan fingerprint density at radius 3 is 2.67 bits per heavy atom. The molecule has 0 spiro atoms. The smallest absolute Gasteiger partial charge is 0.267 e. The predicted octanol–water partition coefficient (Wildman–Crippen LogP) is 2.21. The molecule has 1 aliphatic carbocycles. The maximum absolute atomic E-state index is 12.4. The summed E-state index contributed by atoms with van der Waals surface area (Å²) >= 11 is 0. The molecule has 0 amide bonds. The van der Waals surface area contributed by atoms with E-state index in [1.165, 1.54) is 25.3 Å². The van der Waals surface area contributed by atoms with Crippen molar-refractivity contribution >= 4 is 9.84 Å². The van der Waals surface area contributed by atoms with E-state index in [0.717, 1.165) is 0 Å². The number of allylic oxidation sites excluding steroid dienone is 1. The van der Waals surface area contributed by atoms with Crippen molar-refractivity contribution in [1.29, 1.82) is 0 Å². The van der Waals surface area contributed by atoms with Crippen LogP contribution in [-0.2, 0) is 19.3 Å². The first-order valence-corrected chi connectivity index (χ1v) is 9.28. The lowest BCUT2D eigenvalue weighted by Crippen LogP contribution is -2.51. The van der Waals surface area contributed by atoms with Crippen LogP contribution in [0.5, 0.6) is 0 Å². The topological polar surface area (TPSA) is 95.7 Å². The Hall–Kier alpha value is -1.77. The van der Waals surface area contributed by atoms with Gasteiger partial charge in [-0.2, -0.15) is 0 Å². The van der Waals surface area contributed by atoms with Crippen LogP contribution in [0.25, 0.3) is 0 Å². The maximum Gasteiger partial charge on any atom is 0.267 e. The van der Waals surface area contributed by atoms with Gasteiger partial charge in [0.05, 0.1) is 10.6 Å². The van der Waals surface area contributed by atoms with Crippen molar-refractivity contribution in [3.63, 3.8) is 0 Å². The van der Waals surface area contributed by atoms with Crippen molar-refractivity contribution in [2.45, 2.75) is 35.8 Å². The molecule has 132 valence electrons. The van der Waals surface area contributed by atoms with Crippen LogP contribution in [0.1, 0.15) is 19.3 Å². The summed E-state index contributed by atoms with van der Waals surface area (Å²) in [6.07, 6.45) is 3.41. The van der Waals surface area contributed by atoms with Gasteiger partial charge in [0.15, 0.2) is 9.84 Å². The Kier molecular flexibility index (Phi) is 6.09. The van der Waals surface area contributed by atoms with Crippen LogP contribution in [0.2, 0.25) is 0 Å². The fraction of sp³-hybridized carbons (Fsp3) is 0.500. The van der Waals surface area contributed by atoms with Crippen molar-refractivity contribution < 1.29 is 22.8 Å². The minimum atomic E-state index is -3.60. The van der Waals surface area contributed by atoms with Crippen molar-refractivity contribution in [1.82, 2.24) is 0 Å². The van der Waals surface area contributed by atoms with E-state index in [1.807, 2.05) is 0 Å². The Bertz CT molecular complexity index is 688. The molecular formula is C16H21NO6S. The molecule has 8 heteroatoms. The van der Waals surface area contributed by atoms with Gasteiger partial charge in [-0.1, -0.05) is 24.3 Å². The summed E-state index contributed by atoms with van der Waals surface area (Å²) in [7, 11) is -2.16. The molecule has 0 bridgehead atoms. The van der Waals surface area contributed by atoms with Crippen LogP contribution >= 0.6 is 0 Å². The number of hydrogen-bond donors (Lipinski definition) is 0. The standard InChI is InChI=1S/C16H21NO6S/c1-22-13-23-15-9-5-6-10-16(15,17(18)19)11-12-24(20,21)14-7-3-2-4-8-14/h2-4,6-8,10,15H,5,9,11-13H2,1H3/t15-,16-/m1/s1. The summed E-state index contributed by atoms with van der Waals surface area (Å²) in [6, 6.07) is 7.95. The van der Waals surface area contributed by atoms with Gasteiger partial charge in [-0.25, -0.2) is 8.42 Å². The normalized spacial score (nSPS) is 24.0. The van der Waals surface area contributed by atoms with Gasteiger partial charge in [-0.3, -0.25) is 10.1 Å². The average molecular weight is 355 g/mol. The molecule has 0 aromatic heterocycles. The van der Waals surface area contributed by atoms with Gasteiger partial charge in [-0.15, -0.1) is 0 Å². The molecule has 1 aliphatic rings. The minimum Gasteiger partial charge on any atom is -0.359 e. The van der Waals surface area contributed by atoms with Crippen LogP contribution in [0.15, 0.2) is 47.4 Å². The molecule has 0 aliphatic heterocycles. The molecule has 7 nitrogen and oxygen atoms in total. The fourth-order valence-corrected chi connectivity index (χ4v) is 4.23. The van der Waals surface area contributed by atoms with Crippen LogP contribution < -0.4 is 0 Å². The Labute approximate surface area is 141 Å². The molecule has 1 aromatic carbocycles. The van der Waals surface area contributed by atoms with Gasteiger partial charge < -0.3 is 9.47 Å². The first-order valence-electron chi connectivity index (χ1n) is 7.63. The monoisotopic (exact) mass is 355 g/mol. The lowest BCUT2D eigenvalue weighted by molar-refractivity contribution is -0.571. The highest BCUT2D eigenvalue weighted by molar-refractivity contribution is 7.91. The Morgan fingerprint density at radius 1 is 1.33 bits per heavy atom. The third-order valence-electron chi connectivity index (χ3n) is 4.16. The molecule has 0 unspecified atom stereocenters. The quantitative estimate of drug-likeness (QED) is 0.307. The SMILES string of the molecule is COCO[C@@H]1CCC=C[C@]1(CCS(=O)(=O)c1ccccc1)[N+](=O)[O-]. The van der Waals surface area contributed by atoms with Crippen LogP contribution in [-0.4, -0.2) is 44.6 Å². The van der Waals surface area contributed by atoms with E-state index in [9.17, 15) is 18.5 Å². The van der Waals surface area contributed by atoms with Crippen molar-refractivity contribution in [3.05, 3.63) is 52.6 Å². The van der Waals surface area contributed by atoms with E-state index in [-0.39, 0.29) is 23.9 Å². The van der Waals surface area contributed by atoms with Crippen LogP contribution in [0.4, 0.5) is 0 Å². The molecule has 2 rings (SSSR count). The van der Waals surface area contributed by atoms with Crippen molar-refractivity contribution in [2.75, 3.05) is 19.7 Å². The van der Waals surface area contributed by atoms with Crippen molar-refractivity contribution in [2.24, 2.45) is 0 Å². The molecule has 0 saturated heterocycles. The average Bonchev–Trinajstić information content (AvgIpc) is 2.59. The number of nitro groups is 1. The first-order chi connectivity index (χ1) is 11.4. The highest BCUT2D eigenvalue weighted by Gasteiger charge is 2.50. The number of hydrogen-bond acceptors (Lipinski definition) is 6. The zero-order valence-electron chi connectivity index (χ0n) is 13.5. The number of nitrogens with zero attached hydrogens (tertiary/aromatic N) is 1. The van der Waals surface area contributed by atoms with Gasteiger partial charge in [-0.05, 0) is 31.1 Å². The van der Waals surface area contributed by atoms with E-state index in [1.54, 1.807) is 24.3 Å². The second-order valence-corrected chi connectivity index (χ2v) is 7.78. The second-order valence-electron chi connectivity index (χ2n) is 5.67. The summed E-state index contributed by atoms with van der Waals surface area (Å²) in [5, 5.41) is 11.7. The molecule has 24 heavy (non-hydrogen) atoms. The van der Waals surface area contributed by atoms with Gasteiger partial charge in [0.1, 0.15) is 12.9 Å². The van der Waals surface area contributed by atoms with Crippen LogP contribution in [0.3, 0.4) is 0 Å². The van der Waals surface area contributed by atoms with E-state index < -0.39 is 26.4 Å². The van der Waals surface area contributed by atoms with E-state index in [0.29, 0.717) is 12.8 Å². The number of benzene rings is 1. The van der Waals surface area contributed by atoms with Gasteiger partial charge in [0.25, 0.3) is 5.54 Å². The molecule has 0 N–H and O–H groups in total. The molecule has 2 atom stereocenters. The second kappa shape index (κ2) is 7.87. The zero-order chi connectivity index (χ0) is 17.6. The Balaban J connectivity index is 2.23. The highest BCUT2D eigenvalue weighted by Crippen LogP contribution is 2.33. The molecule has 0 saturated carbocycles. The molecular weight excluding hydrogens is 334 g/mol. The molecule has 1 aromatic rings. The van der Waals surface area contributed by atoms with E-state index in [4.69, 9.17) is 9.47 Å². The Morgan fingerprint density at radius 2 is 2.04 bits per heavy atom. The summed E-state index contributed by atoms with van der Waals surface area (Å²) < 4.78 is 35.2. The fourth-order valence-electron chi connectivity index (χ4n) is 2.83. The predicted molar refractivity (Wildman–Crippen MR) is 88.0 cm³/mol. The summed E-state index contributed by atoms with van der Waals surface area (Å²) in [6.45, 7) is -0.0699. The summed E-state index contributed by atoms with van der Waals surface area (Å²) in [4.78, 5) is 11.5. The minimum absolute atomic E-state index is 0.0699. The lowest BCUT2D eigenvalue weighted by Gasteiger charge is -2.32. The maximum atomic E-state index is 12.4. The third-order valence-corrected chi connectivity index (χ3v) is 5.89. The molecule has 0 fully saturated rings. The zero-order valence-corrected chi connectivity index (χ0v) is 14.3. The van der Waals surface area contributed by atoms with E-state index >= 15 is 0 Å². The summed E-state index contributed by atoms with van der Waals surface area (Å²) in [5.74, 6) is -0.324. The lowest BCUT2D eigenvalue weighted by atomic mass is 9.83. The van der Waals surface area contributed by atoms with Crippen LogP contribution in [0, 0.1) is 10.1 Å². The number of rotatable bonds is 8. The third kappa shape index (κ3) is 4.00. The number of methoxy groups -OCH3 is 1.